The topological polar surface area (TPSA) is 55.2 Å². The molecule has 0 spiro atoms. The Kier molecular flexibility index (Phi) is 5.93. The minimum atomic E-state index is -0.583. The molecule has 0 unspecified atom stereocenters. The summed E-state index contributed by atoms with van der Waals surface area (Å²) < 4.78 is 13.1. The van der Waals surface area contributed by atoms with Gasteiger partial charge in [0.1, 0.15) is 5.82 Å². The van der Waals surface area contributed by atoms with Gasteiger partial charge in [0.15, 0.2) is 0 Å². The SMILES string of the molecule is CSCCCNCc1cc(F)cc([N+](=O)[O-])c1. The molecule has 0 aromatic heterocycles. The number of non-ortho nitro benzene ring substituents is 1. The molecular formula is C11H15FN2O2S. The number of thioether (sulfide) groups is 1. The third kappa shape index (κ3) is 5.14. The molecule has 1 aromatic carbocycles. The highest BCUT2D eigenvalue weighted by molar-refractivity contribution is 7.98. The van der Waals surface area contributed by atoms with Gasteiger partial charge in [-0.15, -0.1) is 0 Å². The molecule has 0 saturated carbocycles. The molecule has 0 aliphatic carbocycles. The van der Waals surface area contributed by atoms with Crippen molar-refractivity contribution in [2.24, 2.45) is 0 Å². The van der Waals surface area contributed by atoms with Crippen LogP contribution in [0.3, 0.4) is 0 Å². The van der Waals surface area contributed by atoms with E-state index < -0.39 is 10.7 Å². The van der Waals surface area contributed by atoms with Crippen LogP contribution in [-0.4, -0.2) is 23.5 Å². The Morgan fingerprint density at radius 1 is 1.47 bits per heavy atom. The van der Waals surface area contributed by atoms with Gasteiger partial charge in [-0.2, -0.15) is 11.8 Å². The molecule has 0 atom stereocenters. The summed E-state index contributed by atoms with van der Waals surface area (Å²) in [5.74, 6) is 0.496. The van der Waals surface area contributed by atoms with E-state index in [1.165, 1.54) is 12.1 Å². The minimum absolute atomic E-state index is 0.203. The fourth-order valence-corrected chi connectivity index (χ4v) is 1.85. The lowest BCUT2D eigenvalue weighted by Gasteiger charge is -2.04. The van der Waals surface area contributed by atoms with Crippen LogP contribution >= 0.6 is 11.8 Å². The summed E-state index contributed by atoms with van der Waals surface area (Å²) in [6.45, 7) is 1.28. The molecule has 0 radical (unpaired) electrons. The fraction of sp³-hybridized carbons (Fsp3) is 0.455. The van der Waals surface area contributed by atoms with Crippen LogP contribution in [0.1, 0.15) is 12.0 Å². The Morgan fingerprint density at radius 3 is 2.88 bits per heavy atom. The van der Waals surface area contributed by atoms with Crippen molar-refractivity contribution in [2.45, 2.75) is 13.0 Å². The molecule has 1 rings (SSSR count). The first kappa shape index (κ1) is 13.9. The highest BCUT2D eigenvalue weighted by Gasteiger charge is 2.09. The average Bonchev–Trinajstić information content (AvgIpc) is 2.28. The first-order chi connectivity index (χ1) is 8.13. The molecule has 94 valence electrons. The maximum Gasteiger partial charge on any atom is 0.272 e. The van der Waals surface area contributed by atoms with Crippen LogP contribution in [0, 0.1) is 15.9 Å². The Hall–Kier alpha value is -1.14. The van der Waals surface area contributed by atoms with Gasteiger partial charge in [0.2, 0.25) is 0 Å². The predicted molar refractivity (Wildman–Crippen MR) is 67.8 cm³/mol. The van der Waals surface area contributed by atoms with Crippen LogP contribution in [0.4, 0.5) is 10.1 Å². The zero-order chi connectivity index (χ0) is 12.7. The number of nitrogens with one attached hydrogen (secondary N) is 1. The number of rotatable bonds is 7. The third-order valence-electron chi connectivity index (χ3n) is 2.18. The first-order valence-corrected chi connectivity index (χ1v) is 6.66. The quantitative estimate of drug-likeness (QED) is 0.464. The highest BCUT2D eigenvalue weighted by Crippen LogP contribution is 2.16. The maximum absolute atomic E-state index is 13.1. The second-order valence-electron chi connectivity index (χ2n) is 3.60. The summed E-state index contributed by atoms with van der Waals surface area (Å²) in [4.78, 5) is 9.95. The van der Waals surface area contributed by atoms with Crippen LogP contribution in [-0.2, 0) is 6.54 Å². The van der Waals surface area contributed by atoms with Crippen molar-refractivity contribution in [3.05, 3.63) is 39.7 Å². The first-order valence-electron chi connectivity index (χ1n) is 5.27. The summed E-state index contributed by atoms with van der Waals surface area (Å²) in [6, 6.07) is 3.64. The van der Waals surface area contributed by atoms with Crippen LogP contribution in [0.15, 0.2) is 18.2 Å². The Labute approximate surface area is 104 Å². The lowest BCUT2D eigenvalue weighted by Crippen LogP contribution is -2.15. The Bertz CT molecular complexity index is 388. The van der Waals surface area contributed by atoms with E-state index in [9.17, 15) is 14.5 Å². The fourth-order valence-electron chi connectivity index (χ4n) is 1.42. The summed E-state index contributed by atoms with van der Waals surface area (Å²) in [6.07, 6.45) is 3.06. The van der Waals surface area contributed by atoms with Crippen molar-refractivity contribution < 1.29 is 9.31 Å². The highest BCUT2D eigenvalue weighted by atomic mass is 32.2. The zero-order valence-corrected chi connectivity index (χ0v) is 10.4. The number of benzene rings is 1. The minimum Gasteiger partial charge on any atom is -0.313 e. The normalized spacial score (nSPS) is 10.5. The van der Waals surface area contributed by atoms with E-state index >= 15 is 0 Å². The standard InChI is InChI=1S/C11H15FN2O2S/c1-17-4-2-3-13-8-9-5-10(12)7-11(6-9)14(15)16/h5-7,13H,2-4,8H2,1H3. The average molecular weight is 258 g/mol. The van der Waals surface area contributed by atoms with Crippen molar-refractivity contribution in [1.29, 1.82) is 0 Å². The summed E-state index contributed by atoms with van der Waals surface area (Å²) >= 11 is 1.77. The molecule has 0 saturated heterocycles. The van der Waals surface area contributed by atoms with Crippen molar-refractivity contribution in [2.75, 3.05) is 18.6 Å². The molecule has 6 heteroatoms. The number of nitro groups is 1. The molecule has 17 heavy (non-hydrogen) atoms. The molecule has 0 fully saturated rings. The molecule has 0 aliphatic rings. The van der Waals surface area contributed by atoms with E-state index in [0.717, 1.165) is 24.8 Å². The van der Waals surface area contributed by atoms with Gasteiger partial charge in [-0.3, -0.25) is 10.1 Å². The molecular weight excluding hydrogens is 243 g/mol. The van der Waals surface area contributed by atoms with E-state index in [0.29, 0.717) is 12.1 Å². The Balaban J connectivity index is 2.50. The summed E-state index contributed by atoms with van der Waals surface area (Å²) in [5, 5.41) is 13.7. The van der Waals surface area contributed by atoms with E-state index in [4.69, 9.17) is 0 Å². The number of nitro benzene ring substituents is 1. The van der Waals surface area contributed by atoms with Gasteiger partial charge in [0.05, 0.1) is 11.0 Å². The molecule has 0 aliphatic heterocycles. The van der Waals surface area contributed by atoms with Gasteiger partial charge in [-0.25, -0.2) is 4.39 Å². The zero-order valence-electron chi connectivity index (χ0n) is 9.61. The maximum atomic E-state index is 13.1. The van der Waals surface area contributed by atoms with Crippen molar-refractivity contribution in [3.8, 4) is 0 Å². The van der Waals surface area contributed by atoms with Crippen molar-refractivity contribution >= 4 is 17.4 Å². The van der Waals surface area contributed by atoms with Gasteiger partial charge in [0.25, 0.3) is 5.69 Å². The molecule has 1 N–H and O–H groups in total. The van der Waals surface area contributed by atoms with E-state index in [1.54, 1.807) is 11.8 Å². The van der Waals surface area contributed by atoms with E-state index in [-0.39, 0.29) is 5.69 Å². The summed E-state index contributed by atoms with van der Waals surface area (Å²) in [5.41, 5.74) is 0.395. The second-order valence-corrected chi connectivity index (χ2v) is 4.58. The van der Waals surface area contributed by atoms with Crippen LogP contribution in [0.5, 0.6) is 0 Å². The predicted octanol–water partition coefficient (Wildman–Crippen LogP) is 2.58. The smallest absolute Gasteiger partial charge is 0.272 e. The van der Waals surface area contributed by atoms with Gasteiger partial charge in [-0.1, -0.05) is 0 Å². The van der Waals surface area contributed by atoms with E-state index in [1.807, 2.05) is 6.26 Å². The molecule has 1 aromatic rings. The number of hydrogen-bond acceptors (Lipinski definition) is 4. The van der Waals surface area contributed by atoms with Crippen LogP contribution < -0.4 is 5.32 Å². The lowest BCUT2D eigenvalue weighted by atomic mass is 10.2. The second kappa shape index (κ2) is 7.24. The molecule has 0 heterocycles. The Morgan fingerprint density at radius 2 is 2.24 bits per heavy atom. The lowest BCUT2D eigenvalue weighted by molar-refractivity contribution is -0.385. The van der Waals surface area contributed by atoms with Gasteiger partial charge in [-0.05, 0) is 36.6 Å². The van der Waals surface area contributed by atoms with Crippen LogP contribution in [0.2, 0.25) is 0 Å². The van der Waals surface area contributed by atoms with Crippen LogP contribution in [0.25, 0.3) is 0 Å². The monoisotopic (exact) mass is 258 g/mol. The van der Waals surface area contributed by atoms with Gasteiger partial charge in [0, 0.05) is 12.6 Å². The molecule has 0 amide bonds. The van der Waals surface area contributed by atoms with Crippen molar-refractivity contribution in [3.63, 3.8) is 0 Å². The number of nitrogens with zero attached hydrogens (tertiary/aromatic N) is 1. The number of hydrogen-bond donors (Lipinski definition) is 1. The molecule has 4 nitrogen and oxygen atoms in total. The third-order valence-corrected chi connectivity index (χ3v) is 2.88. The van der Waals surface area contributed by atoms with Gasteiger partial charge < -0.3 is 5.32 Å². The van der Waals surface area contributed by atoms with E-state index in [2.05, 4.69) is 5.32 Å². The number of halogens is 1. The molecule has 0 bridgehead atoms. The summed E-state index contributed by atoms with van der Waals surface area (Å²) in [7, 11) is 0. The van der Waals surface area contributed by atoms with Crippen molar-refractivity contribution in [1.82, 2.24) is 5.32 Å². The van der Waals surface area contributed by atoms with Gasteiger partial charge >= 0.3 is 0 Å². The largest absolute Gasteiger partial charge is 0.313 e.